The highest BCUT2D eigenvalue weighted by Crippen LogP contribution is 2.47. The third kappa shape index (κ3) is 6.51. The van der Waals surface area contributed by atoms with Gasteiger partial charge in [0.15, 0.2) is 12.1 Å². The topological polar surface area (TPSA) is 114 Å². The quantitative estimate of drug-likeness (QED) is 0.667. The molecule has 0 radical (unpaired) electrons. The number of nitrogens with one attached hydrogen (secondary N) is 1. The number of anilines is 1. The molecule has 0 saturated heterocycles. The molecule has 0 atom stereocenters. The number of amides is 1. The van der Waals surface area contributed by atoms with Gasteiger partial charge in [0, 0.05) is 12.6 Å². The molecule has 1 aromatic heterocycles. The van der Waals surface area contributed by atoms with Gasteiger partial charge in [-0.15, -0.1) is 0 Å². The summed E-state index contributed by atoms with van der Waals surface area (Å²) in [5.41, 5.74) is 1.02. The number of carbonyl (C=O) groups excluding carboxylic acids is 3. The first-order valence-corrected chi connectivity index (χ1v) is 10.4. The number of aromatic nitrogens is 2. The number of nitriles is 1. The van der Waals surface area contributed by atoms with Crippen molar-refractivity contribution in [3.05, 3.63) is 35.5 Å². The second-order valence-electron chi connectivity index (χ2n) is 8.45. The van der Waals surface area contributed by atoms with Crippen LogP contribution in [0.1, 0.15) is 69.9 Å². The summed E-state index contributed by atoms with van der Waals surface area (Å²) in [6.07, 6.45) is 2.98. The average molecular weight is 441 g/mol. The van der Waals surface area contributed by atoms with E-state index in [0.29, 0.717) is 12.1 Å². The van der Waals surface area contributed by atoms with Crippen molar-refractivity contribution in [2.45, 2.75) is 64.9 Å². The van der Waals surface area contributed by atoms with E-state index < -0.39 is 11.7 Å². The Bertz CT molecular complexity index is 962. The van der Waals surface area contributed by atoms with Crippen LogP contribution in [0.2, 0.25) is 0 Å². The molecule has 1 heterocycles. The highest BCUT2D eigenvalue weighted by atomic mass is 16.6. The van der Waals surface area contributed by atoms with Crippen LogP contribution in [0.5, 0.6) is 0 Å². The highest BCUT2D eigenvalue weighted by Gasteiger charge is 2.44. The molecule has 0 bridgehead atoms. The van der Waals surface area contributed by atoms with Gasteiger partial charge in [-0.3, -0.25) is 10.1 Å². The number of rotatable bonds is 4. The lowest BCUT2D eigenvalue weighted by Crippen LogP contribution is -2.27. The van der Waals surface area contributed by atoms with Gasteiger partial charge in [-0.25, -0.2) is 9.78 Å². The zero-order valence-electron chi connectivity index (χ0n) is 19.7. The predicted molar refractivity (Wildman–Crippen MR) is 123 cm³/mol. The van der Waals surface area contributed by atoms with Crippen LogP contribution in [-0.2, 0) is 22.0 Å². The molecule has 32 heavy (non-hydrogen) atoms. The number of benzene rings is 1. The third-order valence-electron chi connectivity index (χ3n) is 4.53. The van der Waals surface area contributed by atoms with Crippen LogP contribution in [0.3, 0.4) is 0 Å². The van der Waals surface area contributed by atoms with E-state index in [9.17, 15) is 14.9 Å². The molecule has 1 saturated carbocycles. The van der Waals surface area contributed by atoms with E-state index >= 15 is 0 Å². The van der Waals surface area contributed by atoms with Gasteiger partial charge in [0.05, 0.1) is 11.5 Å². The normalized spacial score (nSPS) is 13.3. The lowest BCUT2D eigenvalue weighted by atomic mass is 9.96. The van der Waals surface area contributed by atoms with Crippen molar-refractivity contribution in [1.82, 2.24) is 9.55 Å². The van der Waals surface area contributed by atoms with Crippen molar-refractivity contribution < 1.29 is 19.1 Å². The average Bonchev–Trinajstić information content (AvgIpc) is 3.48. The predicted octanol–water partition coefficient (Wildman–Crippen LogP) is 5.03. The summed E-state index contributed by atoms with van der Waals surface area (Å²) >= 11 is 0. The first kappa shape index (κ1) is 26.6. The fourth-order valence-corrected chi connectivity index (χ4v) is 2.92. The molecule has 0 unspecified atom stereocenters. The van der Waals surface area contributed by atoms with Crippen molar-refractivity contribution in [3.63, 3.8) is 0 Å². The van der Waals surface area contributed by atoms with Gasteiger partial charge in [0.2, 0.25) is 0 Å². The van der Waals surface area contributed by atoms with E-state index in [2.05, 4.69) is 30.2 Å². The number of nitrogens with zero attached hydrogens (tertiary/aromatic N) is 3. The second kappa shape index (κ2) is 11.2. The van der Waals surface area contributed by atoms with E-state index in [1.807, 2.05) is 31.1 Å². The maximum Gasteiger partial charge on any atom is 0.413 e. The maximum absolute atomic E-state index is 12.0. The van der Waals surface area contributed by atoms with Gasteiger partial charge >= 0.3 is 6.09 Å². The lowest BCUT2D eigenvalue weighted by Gasteiger charge is -2.19. The van der Waals surface area contributed by atoms with Gasteiger partial charge in [-0.2, -0.15) is 5.26 Å². The molecule has 1 fully saturated rings. The highest BCUT2D eigenvalue weighted by molar-refractivity contribution is 5.91. The SMILES string of the molecule is C=O.CCC.Cn1c(-c2ccc(C3(C#N)CC3)cc2)nc(NC(=O)OC(C)(C)C)c1C=O. The Hall–Kier alpha value is -3.47. The molecule has 1 aliphatic rings. The maximum atomic E-state index is 12.0. The smallest absolute Gasteiger partial charge is 0.413 e. The van der Waals surface area contributed by atoms with Crippen LogP contribution in [0.15, 0.2) is 24.3 Å². The van der Waals surface area contributed by atoms with Crippen LogP contribution in [0.25, 0.3) is 11.4 Å². The molecule has 1 amide bonds. The van der Waals surface area contributed by atoms with Crippen molar-refractivity contribution in [1.29, 1.82) is 5.26 Å². The Morgan fingerprint density at radius 3 is 2.22 bits per heavy atom. The Labute approximate surface area is 189 Å². The summed E-state index contributed by atoms with van der Waals surface area (Å²) in [5.74, 6) is 0.688. The molecule has 3 rings (SSSR count). The number of hydrogen-bond acceptors (Lipinski definition) is 6. The minimum atomic E-state index is -0.671. The standard InChI is InChI=1S/C20H22N4O3.C3H8.CH2O/c1-19(2,3)27-18(26)23-16-15(11-25)24(4)17(22-16)13-5-7-14(8-6-13)20(12-21)9-10-20;1-3-2;1-2/h5-8,11H,9-10H2,1-4H3,(H,23,26);3H2,1-2H3;1H2. The molecule has 1 aromatic carbocycles. The van der Waals surface area contributed by atoms with E-state index in [0.717, 1.165) is 24.0 Å². The first-order valence-electron chi connectivity index (χ1n) is 10.4. The molecular weight excluding hydrogens is 408 g/mol. The van der Waals surface area contributed by atoms with Crippen molar-refractivity contribution >= 4 is 25.0 Å². The van der Waals surface area contributed by atoms with Crippen LogP contribution >= 0.6 is 0 Å². The molecule has 1 N–H and O–H groups in total. The number of hydrogen-bond donors (Lipinski definition) is 1. The first-order chi connectivity index (χ1) is 15.1. The molecule has 172 valence electrons. The molecule has 8 heteroatoms. The van der Waals surface area contributed by atoms with Crippen molar-refractivity contribution in [2.24, 2.45) is 7.05 Å². The second-order valence-corrected chi connectivity index (χ2v) is 8.45. The monoisotopic (exact) mass is 440 g/mol. The van der Waals surface area contributed by atoms with Crippen molar-refractivity contribution in [2.75, 3.05) is 5.32 Å². The summed E-state index contributed by atoms with van der Waals surface area (Å²) in [6.45, 7) is 11.5. The molecule has 0 spiro atoms. The van der Waals surface area contributed by atoms with E-state index in [4.69, 9.17) is 9.53 Å². The number of aldehydes is 1. The minimum absolute atomic E-state index is 0.150. The Balaban J connectivity index is 0.000000944. The van der Waals surface area contributed by atoms with Crippen molar-refractivity contribution in [3.8, 4) is 17.5 Å². The van der Waals surface area contributed by atoms with Gasteiger partial charge in [-0.1, -0.05) is 44.5 Å². The fourth-order valence-electron chi connectivity index (χ4n) is 2.92. The van der Waals surface area contributed by atoms with Crippen LogP contribution < -0.4 is 5.32 Å². The van der Waals surface area contributed by atoms with E-state index in [1.165, 1.54) is 6.42 Å². The van der Waals surface area contributed by atoms with Crippen LogP contribution in [0.4, 0.5) is 10.6 Å². The lowest BCUT2D eigenvalue weighted by molar-refractivity contribution is -0.0980. The van der Waals surface area contributed by atoms with E-state index in [1.54, 1.807) is 32.4 Å². The Kier molecular flexibility index (Phi) is 9.33. The minimum Gasteiger partial charge on any atom is -0.444 e. The van der Waals surface area contributed by atoms with Gasteiger partial charge < -0.3 is 14.1 Å². The summed E-state index contributed by atoms with van der Waals surface area (Å²) in [5, 5.41) is 11.9. The molecule has 2 aromatic rings. The zero-order valence-corrected chi connectivity index (χ0v) is 19.7. The number of carbonyl (C=O) groups is 3. The van der Waals surface area contributed by atoms with Gasteiger partial charge in [0.1, 0.15) is 23.9 Å². The summed E-state index contributed by atoms with van der Waals surface area (Å²) in [7, 11) is 1.71. The fraction of sp³-hybridized carbons (Fsp3) is 0.458. The zero-order chi connectivity index (χ0) is 24.5. The van der Waals surface area contributed by atoms with Crippen LogP contribution in [0, 0.1) is 11.3 Å². The molecule has 8 nitrogen and oxygen atoms in total. The van der Waals surface area contributed by atoms with Gasteiger partial charge in [-0.05, 0) is 39.2 Å². The number of imidazole rings is 1. The molecular formula is C24H32N4O4. The van der Waals surface area contributed by atoms with E-state index in [-0.39, 0.29) is 16.9 Å². The third-order valence-corrected chi connectivity index (χ3v) is 4.53. The largest absolute Gasteiger partial charge is 0.444 e. The van der Waals surface area contributed by atoms with Gasteiger partial charge in [0.25, 0.3) is 0 Å². The summed E-state index contributed by atoms with van der Waals surface area (Å²) in [6, 6.07) is 9.96. The number of ether oxygens (including phenoxy) is 1. The van der Waals surface area contributed by atoms with Crippen LogP contribution in [-0.4, -0.2) is 34.3 Å². The summed E-state index contributed by atoms with van der Waals surface area (Å²) < 4.78 is 6.84. The Morgan fingerprint density at radius 1 is 1.28 bits per heavy atom. The molecule has 1 aliphatic carbocycles. The Morgan fingerprint density at radius 2 is 1.81 bits per heavy atom. The molecule has 0 aliphatic heterocycles. The summed E-state index contributed by atoms with van der Waals surface area (Å²) in [4.78, 5) is 35.9.